The normalized spacial score (nSPS) is 10.5. The second-order valence-electron chi connectivity index (χ2n) is 3.82. The monoisotopic (exact) mass is 247 g/mol. The van der Waals surface area contributed by atoms with Gasteiger partial charge in [0, 0.05) is 11.9 Å². The molecule has 0 saturated heterocycles. The molecular formula is C13H13NO4. The van der Waals surface area contributed by atoms with Crippen molar-refractivity contribution >= 4 is 22.4 Å². The summed E-state index contributed by atoms with van der Waals surface area (Å²) in [5, 5.41) is 31.9. The first-order valence-corrected chi connectivity index (χ1v) is 5.48. The maximum Gasteiger partial charge on any atom is 0.340 e. The average molecular weight is 247 g/mol. The molecule has 0 aromatic heterocycles. The fraction of sp³-hybridized carbons (Fsp3) is 0.154. The number of aromatic hydroxyl groups is 1. The molecule has 0 bridgehead atoms. The number of aliphatic hydroxyl groups excluding tert-OH is 1. The highest BCUT2D eigenvalue weighted by Crippen LogP contribution is 2.34. The number of carboxylic acid groups (broad SMARTS) is 1. The van der Waals surface area contributed by atoms with Gasteiger partial charge >= 0.3 is 5.97 Å². The number of hydrogen-bond donors (Lipinski definition) is 4. The highest BCUT2D eigenvalue weighted by Gasteiger charge is 2.17. The van der Waals surface area contributed by atoms with Crippen molar-refractivity contribution < 1.29 is 20.1 Å². The molecule has 0 saturated carbocycles. The smallest absolute Gasteiger partial charge is 0.340 e. The predicted octanol–water partition coefficient (Wildman–Crippen LogP) is 1.65. The van der Waals surface area contributed by atoms with Crippen molar-refractivity contribution in [2.24, 2.45) is 0 Å². The number of aliphatic hydroxyl groups is 1. The average Bonchev–Trinajstić information content (AvgIpc) is 2.35. The van der Waals surface area contributed by atoms with Gasteiger partial charge in [-0.05, 0) is 11.5 Å². The Morgan fingerprint density at radius 2 is 2.00 bits per heavy atom. The van der Waals surface area contributed by atoms with Crippen molar-refractivity contribution in [1.82, 2.24) is 0 Å². The molecule has 0 heterocycles. The Bertz CT molecular complexity index is 595. The lowest BCUT2D eigenvalue weighted by molar-refractivity contribution is 0.0696. The molecule has 0 unspecified atom stereocenters. The van der Waals surface area contributed by atoms with E-state index in [1.54, 1.807) is 30.3 Å². The molecule has 5 heteroatoms. The molecule has 18 heavy (non-hydrogen) atoms. The molecule has 0 amide bonds. The zero-order chi connectivity index (χ0) is 13.1. The van der Waals surface area contributed by atoms with Gasteiger partial charge in [-0.15, -0.1) is 0 Å². The number of phenols is 1. The summed E-state index contributed by atoms with van der Waals surface area (Å²) in [6.45, 7) is 0.139. The third-order valence-electron chi connectivity index (χ3n) is 2.66. The summed E-state index contributed by atoms with van der Waals surface area (Å²) in [6, 6.07) is 8.59. The lowest BCUT2D eigenvalue weighted by Crippen LogP contribution is -2.07. The minimum absolute atomic E-state index is 0.103. The number of nitrogens with one attached hydrogen (secondary N) is 1. The molecule has 2 aromatic carbocycles. The van der Waals surface area contributed by atoms with Crippen molar-refractivity contribution in [3.63, 3.8) is 0 Å². The summed E-state index contributed by atoms with van der Waals surface area (Å²) in [4.78, 5) is 11.2. The molecule has 0 aliphatic carbocycles. The second-order valence-corrected chi connectivity index (χ2v) is 3.82. The minimum Gasteiger partial charge on any atom is -0.505 e. The standard InChI is InChI=1S/C13H13NO4/c15-6-5-14-10-7-8-3-1-2-4-9(8)11(12(10)16)13(17)18/h1-4,7,14-16H,5-6H2,(H,17,18). The van der Waals surface area contributed by atoms with E-state index in [4.69, 9.17) is 5.11 Å². The van der Waals surface area contributed by atoms with Crippen LogP contribution in [0, 0.1) is 0 Å². The zero-order valence-electron chi connectivity index (χ0n) is 9.55. The van der Waals surface area contributed by atoms with E-state index >= 15 is 0 Å². The Hall–Kier alpha value is -2.27. The second kappa shape index (κ2) is 4.93. The topological polar surface area (TPSA) is 89.8 Å². The van der Waals surface area contributed by atoms with Gasteiger partial charge in [0.25, 0.3) is 0 Å². The lowest BCUT2D eigenvalue weighted by Gasteiger charge is -2.12. The van der Waals surface area contributed by atoms with E-state index in [9.17, 15) is 15.0 Å². The maximum atomic E-state index is 11.2. The van der Waals surface area contributed by atoms with E-state index < -0.39 is 5.97 Å². The summed E-state index contributed by atoms with van der Waals surface area (Å²) >= 11 is 0. The first-order valence-electron chi connectivity index (χ1n) is 5.48. The molecule has 0 atom stereocenters. The van der Waals surface area contributed by atoms with Crippen LogP contribution in [0.4, 0.5) is 5.69 Å². The highest BCUT2D eigenvalue weighted by molar-refractivity contribution is 6.08. The number of fused-ring (bicyclic) bond motifs is 1. The van der Waals surface area contributed by atoms with Crippen LogP contribution in [-0.2, 0) is 0 Å². The SMILES string of the molecule is O=C(O)c1c(O)c(NCCO)cc2ccccc12. The van der Waals surface area contributed by atoms with Gasteiger partial charge in [-0.3, -0.25) is 0 Å². The molecule has 2 aromatic rings. The van der Waals surface area contributed by atoms with Crippen LogP contribution in [0.1, 0.15) is 10.4 Å². The third kappa shape index (κ3) is 2.08. The van der Waals surface area contributed by atoms with Crippen molar-refractivity contribution in [3.05, 3.63) is 35.9 Å². The van der Waals surface area contributed by atoms with Crippen LogP contribution in [0.3, 0.4) is 0 Å². The van der Waals surface area contributed by atoms with E-state index in [1.165, 1.54) is 0 Å². The van der Waals surface area contributed by atoms with Crippen molar-refractivity contribution in [2.75, 3.05) is 18.5 Å². The van der Waals surface area contributed by atoms with Gasteiger partial charge in [-0.25, -0.2) is 4.79 Å². The van der Waals surface area contributed by atoms with Crippen molar-refractivity contribution in [2.45, 2.75) is 0 Å². The van der Waals surface area contributed by atoms with Crippen LogP contribution in [0.5, 0.6) is 5.75 Å². The Morgan fingerprint density at radius 1 is 1.28 bits per heavy atom. The Kier molecular flexibility index (Phi) is 3.34. The molecule has 0 fully saturated rings. The molecular weight excluding hydrogens is 234 g/mol. The quantitative estimate of drug-likeness (QED) is 0.617. The van der Waals surface area contributed by atoms with Crippen LogP contribution in [0.25, 0.3) is 10.8 Å². The molecule has 4 N–H and O–H groups in total. The summed E-state index contributed by atoms with van der Waals surface area (Å²) < 4.78 is 0. The molecule has 94 valence electrons. The van der Waals surface area contributed by atoms with Gasteiger partial charge < -0.3 is 20.6 Å². The van der Waals surface area contributed by atoms with Gasteiger partial charge in [-0.2, -0.15) is 0 Å². The van der Waals surface area contributed by atoms with Gasteiger partial charge in [0.1, 0.15) is 5.56 Å². The van der Waals surface area contributed by atoms with Crippen LogP contribution >= 0.6 is 0 Å². The lowest BCUT2D eigenvalue weighted by atomic mass is 10.0. The first-order chi connectivity index (χ1) is 8.65. The Labute approximate surface area is 103 Å². The maximum absolute atomic E-state index is 11.2. The summed E-state index contributed by atoms with van der Waals surface area (Å²) in [7, 11) is 0. The first kappa shape index (κ1) is 12.2. The molecule has 0 spiro atoms. The fourth-order valence-corrected chi connectivity index (χ4v) is 1.88. The molecule has 0 radical (unpaired) electrons. The molecule has 2 rings (SSSR count). The number of carboxylic acids is 1. The van der Waals surface area contributed by atoms with Crippen LogP contribution in [0.2, 0.25) is 0 Å². The van der Waals surface area contributed by atoms with E-state index in [-0.39, 0.29) is 24.5 Å². The van der Waals surface area contributed by atoms with Crippen molar-refractivity contribution in [3.8, 4) is 5.75 Å². The Morgan fingerprint density at radius 3 is 2.67 bits per heavy atom. The summed E-state index contributed by atoms with van der Waals surface area (Å²) in [5.74, 6) is -1.49. The zero-order valence-corrected chi connectivity index (χ0v) is 9.55. The van der Waals surface area contributed by atoms with Gasteiger partial charge in [0.05, 0.1) is 12.3 Å². The predicted molar refractivity (Wildman–Crippen MR) is 68.1 cm³/mol. The summed E-state index contributed by atoms with van der Waals surface area (Å²) in [6.07, 6.45) is 0. The van der Waals surface area contributed by atoms with Gasteiger partial charge in [0.15, 0.2) is 5.75 Å². The number of carbonyl (C=O) groups is 1. The van der Waals surface area contributed by atoms with E-state index in [1.807, 2.05) is 0 Å². The molecule has 0 aliphatic rings. The van der Waals surface area contributed by atoms with Crippen molar-refractivity contribution in [1.29, 1.82) is 0 Å². The number of anilines is 1. The highest BCUT2D eigenvalue weighted by atomic mass is 16.4. The number of aromatic carboxylic acids is 1. The van der Waals surface area contributed by atoms with Crippen LogP contribution in [0.15, 0.2) is 30.3 Å². The third-order valence-corrected chi connectivity index (χ3v) is 2.66. The van der Waals surface area contributed by atoms with Crippen LogP contribution in [-0.4, -0.2) is 34.4 Å². The van der Waals surface area contributed by atoms with Gasteiger partial charge in [0.2, 0.25) is 0 Å². The summed E-state index contributed by atoms with van der Waals surface area (Å²) in [5.41, 5.74) is 0.175. The molecule has 0 aliphatic heterocycles. The van der Waals surface area contributed by atoms with E-state index in [0.29, 0.717) is 16.5 Å². The minimum atomic E-state index is -1.18. The van der Waals surface area contributed by atoms with E-state index in [2.05, 4.69) is 5.32 Å². The fourth-order valence-electron chi connectivity index (χ4n) is 1.88. The van der Waals surface area contributed by atoms with Crippen LogP contribution < -0.4 is 5.32 Å². The van der Waals surface area contributed by atoms with Gasteiger partial charge in [-0.1, -0.05) is 24.3 Å². The number of benzene rings is 2. The Balaban J connectivity index is 2.67. The molecule has 5 nitrogen and oxygen atoms in total. The number of hydrogen-bond acceptors (Lipinski definition) is 4. The largest absolute Gasteiger partial charge is 0.505 e. The van der Waals surface area contributed by atoms with E-state index in [0.717, 1.165) is 0 Å². The number of rotatable bonds is 4.